The van der Waals surface area contributed by atoms with Crippen molar-refractivity contribution < 1.29 is 14.7 Å². The Morgan fingerprint density at radius 1 is 1.12 bits per heavy atom. The lowest BCUT2D eigenvalue weighted by atomic mass is 9.95. The third-order valence-electron chi connectivity index (χ3n) is 5.10. The Kier molecular flexibility index (Phi) is 6.03. The third kappa shape index (κ3) is 5.15. The number of amidine groups is 1. The highest BCUT2D eigenvalue weighted by molar-refractivity contribution is 6.60. The van der Waals surface area contributed by atoms with Gasteiger partial charge in [-0.05, 0) is 43.2 Å². The molecule has 0 atom stereocenters. The van der Waals surface area contributed by atoms with Gasteiger partial charge in [-0.15, -0.1) is 0 Å². The highest BCUT2D eigenvalue weighted by atomic mass is 16.4. The molecule has 0 aromatic heterocycles. The van der Waals surface area contributed by atoms with Crippen molar-refractivity contribution in [2.75, 3.05) is 17.7 Å². The highest BCUT2D eigenvalue weighted by Gasteiger charge is 2.29. The number of hydrogen-bond donors (Lipinski definition) is 4. The van der Waals surface area contributed by atoms with Gasteiger partial charge in [-0.3, -0.25) is 9.79 Å². The molecule has 1 fully saturated rings. The minimum Gasteiger partial charge on any atom is -0.478 e. The summed E-state index contributed by atoms with van der Waals surface area (Å²) in [5.74, 6) is -0.303. The summed E-state index contributed by atoms with van der Waals surface area (Å²) in [6, 6.07) is 12.3. The number of carbonyl (C=O) groups excluding carboxylic acids is 1. The number of guanidine groups is 1. The van der Waals surface area contributed by atoms with E-state index in [1.165, 1.54) is 19.1 Å². The van der Waals surface area contributed by atoms with Gasteiger partial charge in [0.2, 0.25) is 11.9 Å². The van der Waals surface area contributed by atoms with Crippen molar-refractivity contribution >= 4 is 52.0 Å². The van der Waals surface area contributed by atoms with Gasteiger partial charge in [0.1, 0.15) is 5.71 Å². The van der Waals surface area contributed by atoms with E-state index in [1.54, 1.807) is 25.2 Å². The van der Waals surface area contributed by atoms with Crippen LogP contribution in [0.25, 0.3) is 5.57 Å². The molecule has 2 aromatic carbocycles. The van der Waals surface area contributed by atoms with Gasteiger partial charge in [0.25, 0.3) is 0 Å². The van der Waals surface area contributed by atoms with Crippen molar-refractivity contribution in [2.45, 2.75) is 25.8 Å². The molecule has 0 radical (unpaired) electrons. The van der Waals surface area contributed by atoms with Crippen molar-refractivity contribution in [1.82, 2.24) is 5.32 Å². The minimum absolute atomic E-state index is 0.160. The van der Waals surface area contributed by atoms with E-state index in [0.29, 0.717) is 51.7 Å². The number of fused-ring (bicyclic) bond motifs is 1. The Morgan fingerprint density at radius 2 is 1.85 bits per heavy atom. The zero-order chi connectivity index (χ0) is 23.5. The van der Waals surface area contributed by atoms with Crippen LogP contribution in [0.2, 0.25) is 0 Å². The summed E-state index contributed by atoms with van der Waals surface area (Å²) in [6.45, 7) is 5.65. The Morgan fingerprint density at radius 3 is 2.48 bits per heavy atom. The predicted octanol–water partition coefficient (Wildman–Crippen LogP) is 3.69. The van der Waals surface area contributed by atoms with E-state index in [9.17, 15) is 14.7 Å². The number of nitrogens with zero attached hydrogens (tertiary/aromatic N) is 3. The van der Waals surface area contributed by atoms with E-state index in [2.05, 4.69) is 32.5 Å². The second-order valence-electron chi connectivity index (χ2n) is 7.79. The first-order chi connectivity index (χ1) is 15.8. The summed E-state index contributed by atoms with van der Waals surface area (Å²) in [6.07, 6.45) is 2.06. The number of benzene rings is 2. The number of rotatable bonds is 4. The predicted molar refractivity (Wildman–Crippen MR) is 131 cm³/mol. The molecule has 0 saturated heterocycles. The van der Waals surface area contributed by atoms with E-state index in [-0.39, 0.29) is 11.5 Å². The van der Waals surface area contributed by atoms with Crippen molar-refractivity contribution in [3.8, 4) is 0 Å². The SMILES string of the molecule is C=C1/C(=N\C(=N/C)Nc2cccc(NC(C)=O)c2)C(NC2CC2)=Nc2cc(C(=O)O)ccc21. The van der Waals surface area contributed by atoms with Crippen LogP contribution in [0.3, 0.4) is 0 Å². The first-order valence-electron chi connectivity index (χ1n) is 10.5. The fourth-order valence-corrected chi connectivity index (χ4v) is 3.35. The summed E-state index contributed by atoms with van der Waals surface area (Å²) in [4.78, 5) is 36.4. The number of carbonyl (C=O) groups is 2. The smallest absolute Gasteiger partial charge is 0.335 e. The van der Waals surface area contributed by atoms with Crippen LogP contribution in [-0.2, 0) is 4.79 Å². The molecule has 0 bridgehead atoms. The lowest BCUT2D eigenvalue weighted by Gasteiger charge is -2.21. The molecule has 1 amide bonds. The van der Waals surface area contributed by atoms with Gasteiger partial charge in [-0.2, -0.15) is 0 Å². The molecular weight excluding hydrogens is 420 g/mol. The summed E-state index contributed by atoms with van der Waals surface area (Å²) >= 11 is 0. The highest BCUT2D eigenvalue weighted by Crippen LogP contribution is 2.33. The number of aromatic carboxylic acids is 1. The molecule has 33 heavy (non-hydrogen) atoms. The summed E-state index contributed by atoms with van der Waals surface area (Å²) in [5, 5.41) is 18.6. The average Bonchev–Trinajstić information content (AvgIpc) is 3.59. The van der Waals surface area contributed by atoms with Crippen molar-refractivity contribution in [1.29, 1.82) is 0 Å². The monoisotopic (exact) mass is 444 g/mol. The molecule has 4 rings (SSSR count). The van der Waals surface area contributed by atoms with Gasteiger partial charge < -0.3 is 21.1 Å². The van der Waals surface area contributed by atoms with Crippen LogP contribution in [0.15, 0.2) is 64.0 Å². The number of nitrogens with one attached hydrogen (secondary N) is 3. The van der Waals surface area contributed by atoms with Gasteiger partial charge in [-0.1, -0.05) is 18.7 Å². The van der Waals surface area contributed by atoms with E-state index >= 15 is 0 Å². The quantitative estimate of drug-likeness (QED) is 0.422. The zero-order valence-electron chi connectivity index (χ0n) is 18.3. The molecule has 1 aliphatic heterocycles. The molecule has 1 aliphatic carbocycles. The van der Waals surface area contributed by atoms with E-state index in [1.807, 2.05) is 12.1 Å². The number of carboxylic acid groups (broad SMARTS) is 1. The van der Waals surface area contributed by atoms with E-state index in [4.69, 9.17) is 4.99 Å². The Labute approximate surface area is 191 Å². The first kappa shape index (κ1) is 21.9. The second kappa shape index (κ2) is 9.07. The molecule has 1 heterocycles. The number of hydrogen-bond acceptors (Lipinski definition) is 5. The van der Waals surface area contributed by atoms with Crippen LogP contribution in [-0.4, -0.2) is 47.6 Å². The molecule has 0 spiro atoms. The maximum atomic E-state index is 11.4. The van der Waals surface area contributed by atoms with Gasteiger partial charge >= 0.3 is 5.97 Å². The van der Waals surface area contributed by atoms with Crippen LogP contribution in [0.1, 0.15) is 35.7 Å². The van der Waals surface area contributed by atoms with Crippen LogP contribution < -0.4 is 16.0 Å². The maximum Gasteiger partial charge on any atom is 0.335 e. The Bertz CT molecular complexity index is 1240. The fourth-order valence-electron chi connectivity index (χ4n) is 3.35. The number of carboxylic acids is 1. The molecule has 2 aliphatic rings. The van der Waals surface area contributed by atoms with Crippen LogP contribution >= 0.6 is 0 Å². The molecular formula is C24H24N6O3. The third-order valence-corrected chi connectivity index (χ3v) is 5.10. The lowest BCUT2D eigenvalue weighted by Crippen LogP contribution is -2.36. The van der Waals surface area contributed by atoms with Crippen molar-refractivity contribution in [3.63, 3.8) is 0 Å². The Balaban J connectivity index is 1.67. The molecule has 2 aromatic rings. The average molecular weight is 444 g/mol. The van der Waals surface area contributed by atoms with E-state index < -0.39 is 5.97 Å². The maximum absolute atomic E-state index is 11.4. The molecule has 1 saturated carbocycles. The number of anilines is 2. The van der Waals surface area contributed by atoms with Crippen molar-refractivity contribution in [3.05, 3.63) is 60.2 Å². The topological polar surface area (TPSA) is 128 Å². The first-order valence-corrected chi connectivity index (χ1v) is 10.5. The second-order valence-corrected chi connectivity index (χ2v) is 7.79. The van der Waals surface area contributed by atoms with Gasteiger partial charge in [0.15, 0.2) is 5.84 Å². The largest absolute Gasteiger partial charge is 0.478 e. The zero-order valence-corrected chi connectivity index (χ0v) is 18.3. The van der Waals surface area contributed by atoms with E-state index in [0.717, 1.165) is 12.8 Å². The van der Waals surface area contributed by atoms with Crippen LogP contribution in [0.4, 0.5) is 17.1 Å². The van der Waals surface area contributed by atoms with Gasteiger partial charge in [0, 0.05) is 42.5 Å². The molecule has 9 heteroatoms. The van der Waals surface area contributed by atoms with Crippen molar-refractivity contribution in [2.24, 2.45) is 15.0 Å². The van der Waals surface area contributed by atoms with Crippen LogP contribution in [0, 0.1) is 0 Å². The molecule has 4 N–H and O–H groups in total. The summed E-state index contributed by atoms with van der Waals surface area (Å²) in [7, 11) is 1.62. The minimum atomic E-state index is -1.01. The Hall–Kier alpha value is -4.27. The fraction of sp³-hybridized carbons (Fsp3) is 0.208. The normalized spacial score (nSPS) is 16.7. The number of aliphatic imine (C=N–C) groups is 3. The molecule has 168 valence electrons. The van der Waals surface area contributed by atoms with Gasteiger partial charge in [-0.25, -0.2) is 14.8 Å². The molecule has 9 nitrogen and oxygen atoms in total. The summed E-state index contributed by atoms with van der Waals surface area (Å²) < 4.78 is 0. The molecule has 0 unspecified atom stereocenters. The van der Waals surface area contributed by atoms with Crippen LogP contribution in [0.5, 0.6) is 0 Å². The summed E-state index contributed by atoms with van der Waals surface area (Å²) in [5.41, 5.74) is 3.91. The van der Waals surface area contributed by atoms with Gasteiger partial charge in [0.05, 0.1) is 11.3 Å². The number of amides is 1. The lowest BCUT2D eigenvalue weighted by molar-refractivity contribution is -0.114. The standard InChI is InChI=1S/C24H24N6O3/c1-13-19-10-7-15(23(32)33)11-20(19)29-22(27-16-8-9-16)21(13)30-24(25-3)28-18-6-4-5-17(12-18)26-14(2)31/h4-7,10-12,16H,1,8-9H2,2-3H3,(H,25,28)(H,26,31)(H,27,29)(H,32,33)/b30-21+.